The first-order valence-corrected chi connectivity index (χ1v) is 9.72. The van der Waals surface area contributed by atoms with Gasteiger partial charge in [0.25, 0.3) is 5.91 Å². The van der Waals surface area contributed by atoms with E-state index < -0.39 is 17.5 Å². The summed E-state index contributed by atoms with van der Waals surface area (Å²) in [5.74, 6) is -2.65. The van der Waals surface area contributed by atoms with E-state index in [0.717, 1.165) is 17.7 Å². The van der Waals surface area contributed by atoms with Gasteiger partial charge < -0.3 is 15.5 Å². The Morgan fingerprint density at radius 1 is 1.07 bits per heavy atom. The highest BCUT2D eigenvalue weighted by Crippen LogP contribution is 2.21. The molecule has 0 spiro atoms. The predicted molar refractivity (Wildman–Crippen MR) is 108 cm³/mol. The maximum atomic E-state index is 13.8. The molecule has 158 valence electrons. The van der Waals surface area contributed by atoms with E-state index >= 15 is 0 Å². The summed E-state index contributed by atoms with van der Waals surface area (Å²) in [5.41, 5.74) is 1.35. The van der Waals surface area contributed by atoms with Gasteiger partial charge in [-0.05, 0) is 42.7 Å². The summed E-state index contributed by atoms with van der Waals surface area (Å²) in [5, 5.41) is 5.58. The Bertz CT molecular complexity index is 956. The number of hydrogen-bond donors (Lipinski definition) is 2. The molecule has 0 aliphatic carbocycles. The summed E-state index contributed by atoms with van der Waals surface area (Å²) in [7, 11) is 0. The minimum Gasteiger partial charge on any atom is -0.352 e. The molecule has 1 aliphatic heterocycles. The van der Waals surface area contributed by atoms with Crippen molar-refractivity contribution >= 4 is 23.4 Å². The fourth-order valence-corrected chi connectivity index (χ4v) is 3.47. The quantitative estimate of drug-likeness (QED) is 0.788. The van der Waals surface area contributed by atoms with E-state index in [1.54, 1.807) is 18.2 Å². The number of halogens is 2. The van der Waals surface area contributed by atoms with Crippen LogP contribution in [-0.2, 0) is 16.1 Å². The third-order valence-corrected chi connectivity index (χ3v) is 5.03. The highest BCUT2D eigenvalue weighted by Gasteiger charge is 2.28. The number of piperidine rings is 1. The molecular formula is C22H23F2N3O3. The van der Waals surface area contributed by atoms with Crippen LogP contribution in [0.1, 0.15) is 35.7 Å². The van der Waals surface area contributed by atoms with Crippen molar-refractivity contribution in [1.82, 2.24) is 10.2 Å². The van der Waals surface area contributed by atoms with Gasteiger partial charge in [0.2, 0.25) is 11.8 Å². The summed E-state index contributed by atoms with van der Waals surface area (Å²) in [6, 6.07) is 10.1. The molecule has 0 radical (unpaired) electrons. The number of anilines is 1. The number of nitrogens with zero attached hydrogens (tertiary/aromatic N) is 1. The van der Waals surface area contributed by atoms with E-state index in [1.807, 2.05) is 6.07 Å². The van der Waals surface area contributed by atoms with Crippen molar-refractivity contribution in [3.05, 3.63) is 65.2 Å². The number of carbonyl (C=O) groups excluding carboxylic acids is 3. The van der Waals surface area contributed by atoms with Gasteiger partial charge in [0, 0.05) is 44.2 Å². The van der Waals surface area contributed by atoms with Crippen molar-refractivity contribution in [3.8, 4) is 0 Å². The Kier molecular flexibility index (Phi) is 6.76. The van der Waals surface area contributed by atoms with Crippen LogP contribution in [0.3, 0.4) is 0 Å². The Morgan fingerprint density at radius 3 is 2.47 bits per heavy atom. The highest BCUT2D eigenvalue weighted by molar-refractivity contribution is 5.94. The maximum absolute atomic E-state index is 13.8. The van der Waals surface area contributed by atoms with Gasteiger partial charge in [-0.25, -0.2) is 8.78 Å². The van der Waals surface area contributed by atoms with Crippen molar-refractivity contribution < 1.29 is 23.2 Å². The summed E-state index contributed by atoms with van der Waals surface area (Å²) in [6.07, 6.45) is 0.929. The monoisotopic (exact) mass is 415 g/mol. The van der Waals surface area contributed by atoms with Crippen molar-refractivity contribution in [3.63, 3.8) is 0 Å². The first-order valence-electron chi connectivity index (χ1n) is 9.72. The molecule has 0 aromatic heterocycles. The molecule has 1 saturated heterocycles. The number of nitrogens with one attached hydrogen (secondary N) is 2. The molecule has 0 bridgehead atoms. The van der Waals surface area contributed by atoms with Crippen LogP contribution in [0.15, 0.2) is 42.5 Å². The Balaban J connectivity index is 1.50. The molecular weight excluding hydrogens is 392 g/mol. The first kappa shape index (κ1) is 21.4. The minimum atomic E-state index is -0.888. The standard InChI is InChI=1S/C22H23F2N3O3/c1-14(28)26-18-4-2-3-15(11-18)13-25-21(29)16-7-9-27(10-8-16)22(30)19-6-5-17(23)12-20(19)24/h2-6,11-12,16H,7-10,13H2,1H3,(H,25,29)(H,26,28). The molecule has 6 nitrogen and oxygen atoms in total. The van der Waals surface area contributed by atoms with Gasteiger partial charge in [0.15, 0.2) is 0 Å². The minimum absolute atomic E-state index is 0.111. The lowest BCUT2D eigenvalue weighted by Crippen LogP contribution is -2.43. The molecule has 3 rings (SSSR count). The predicted octanol–water partition coefficient (Wildman–Crippen LogP) is 3.09. The average molecular weight is 415 g/mol. The summed E-state index contributed by atoms with van der Waals surface area (Å²) >= 11 is 0. The number of carbonyl (C=O) groups is 3. The van der Waals surface area contributed by atoms with Gasteiger partial charge in [-0.2, -0.15) is 0 Å². The molecule has 30 heavy (non-hydrogen) atoms. The number of benzene rings is 2. The average Bonchev–Trinajstić information content (AvgIpc) is 2.71. The molecule has 1 heterocycles. The molecule has 8 heteroatoms. The van der Waals surface area contributed by atoms with Crippen LogP contribution in [0, 0.1) is 17.6 Å². The number of likely N-dealkylation sites (tertiary alicyclic amines) is 1. The second kappa shape index (κ2) is 9.47. The molecule has 3 amide bonds. The van der Waals surface area contributed by atoms with Gasteiger partial charge in [-0.15, -0.1) is 0 Å². The van der Waals surface area contributed by atoms with E-state index in [2.05, 4.69) is 10.6 Å². The fraction of sp³-hybridized carbons (Fsp3) is 0.318. The van der Waals surface area contributed by atoms with Crippen LogP contribution in [0.4, 0.5) is 14.5 Å². The van der Waals surface area contributed by atoms with Crippen molar-refractivity contribution in [2.45, 2.75) is 26.3 Å². The zero-order chi connectivity index (χ0) is 21.7. The van der Waals surface area contributed by atoms with E-state index in [4.69, 9.17) is 0 Å². The smallest absolute Gasteiger partial charge is 0.256 e. The molecule has 2 N–H and O–H groups in total. The van der Waals surface area contributed by atoms with Crippen molar-refractivity contribution in [2.24, 2.45) is 5.92 Å². The van der Waals surface area contributed by atoms with Crippen LogP contribution >= 0.6 is 0 Å². The Morgan fingerprint density at radius 2 is 1.80 bits per heavy atom. The van der Waals surface area contributed by atoms with Crippen LogP contribution in [0.2, 0.25) is 0 Å². The molecule has 1 aliphatic rings. The molecule has 0 atom stereocenters. The zero-order valence-electron chi connectivity index (χ0n) is 16.6. The molecule has 1 fully saturated rings. The van der Waals surface area contributed by atoms with Gasteiger partial charge >= 0.3 is 0 Å². The van der Waals surface area contributed by atoms with E-state index in [9.17, 15) is 23.2 Å². The topological polar surface area (TPSA) is 78.5 Å². The maximum Gasteiger partial charge on any atom is 0.256 e. The van der Waals surface area contributed by atoms with Crippen LogP contribution in [0.25, 0.3) is 0 Å². The Hall–Kier alpha value is -3.29. The molecule has 2 aromatic rings. The van der Waals surface area contributed by atoms with Crippen LogP contribution < -0.4 is 10.6 Å². The summed E-state index contributed by atoms with van der Waals surface area (Å²) < 4.78 is 26.9. The lowest BCUT2D eigenvalue weighted by molar-refractivity contribution is -0.126. The number of hydrogen-bond acceptors (Lipinski definition) is 3. The molecule has 0 saturated carbocycles. The van der Waals surface area contributed by atoms with Gasteiger partial charge in [-0.1, -0.05) is 12.1 Å². The van der Waals surface area contributed by atoms with Crippen LogP contribution in [-0.4, -0.2) is 35.7 Å². The second-order valence-corrected chi connectivity index (χ2v) is 7.29. The largest absolute Gasteiger partial charge is 0.352 e. The van der Waals surface area contributed by atoms with Gasteiger partial charge in [-0.3, -0.25) is 14.4 Å². The third kappa shape index (κ3) is 5.40. The van der Waals surface area contributed by atoms with Gasteiger partial charge in [0.1, 0.15) is 11.6 Å². The summed E-state index contributed by atoms with van der Waals surface area (Å²) in [6.45, 7) is 2.40. The molecule has 0 unspecified atom stereocenters. The van der Waals surface area contributed by atoms with Gasteiger partial charge in [0.05, 0.1) is 5.56 Å². The third-order valence-electron chi connectivity index (χ3n) is 5.03. The molecule has 2 aromatic carbocycles. The zero-order valence-corrected chi connectivity index (χ0v) is 16.6. The van der Waals surface area contributed by atoms with E-state index in [1.165, 1.54) is 11.8 Å². The highest BCUT2D eigenvalue weighted by atomic mass is 19.1. The lowest BCUT2D eigenvalue weighted by atomic mass is 9.95. The van der Waals surface area contributed by atoms with E-state index in [-0.39, 0.29) is 23.3 Å². The number of rotatable bonds is 5. The lowest BCUT2D eigenvalue weighted by Gasteiger charge is -2.31. The first-order chi connectivity index (χ1) is 14.3. The van der Waals surface area contributed by atoms with Crippen molar-refractivity contribution in [2.75, 3.05) is 18.4 Å². The van der Waals surface area contributed by atoms with Crippen molar-refractivity contribution in [1.29, 1.82) is 0 Å². The number of amides is 3. The Labute approximate surface area is 173 Å². The SMILES string of the molecule is CC(=O)Nc1cccc(CNC(=O)C2CCN(C(=O)c3ccc(F)cc3F)CC2)c1. The fourth-order valence-electron chi connectivity index (χ4n) is 3.47. The van der Waals surface area contributed by atoms with E-state index in [0.29, 0.717) is 44.2 Å². The van der Waals surface area contributed by atoms with Crippen LogP contribution in [0.5, 0.6) is 0 Å². The second-order valence-electron chi connectivity index (χ2n) is 7.29. The normalized spacial score (nSPS) is 14.3. The summed E-state index contributed by atoms with van der Waals surface area (Å²) in [4.78, 5) is 37.6.